The SMILES string of the molecule is N=C1C2=C3CCCN3C(O)(N3CCOCC3)C2NC(=O)N1c1ccc(Cl)cc1. The van der Waals surface area contributed by atoms with E-state index in [0.29, 0.717) is 49.1 Å². The lowest BCUT2D eigenvalue weighted by atomic mass is 9.97. The topological polar surface area (TPSA) is 92.1 Å². The molecule has 0 radical (unpaired) electrons. The van der Waals surface area contributed by atoms with Gasteiger partial charge in [-0.2, -0.15) is 0 Å². The second-order valence-corrected chi connectivity index (χ2v) is 7.88. The van der Waals surface area contributed by atoms with Gasteiger partial charge in [0.25, 0.3) is 0 Å². The molecule has 148 valence electrons. The molecule has 4 heterocycles. The molecule has 0 saturated carbocycles. The Kier molecular flexibility index (Phi) is 4.13. The van der Waals surface area contributed by atoms with Gasteiger partial charge in [0.05, 0.1) is 18.9 Å². The highest BCUT2D eigenvalue weighted by Crippen LogP contribution is 2.46. The number of amidine groups is 1. The van der Waals surface area contributed by atoms with Crippen LogP contribution in [-0.4, -0.2) is 71.5 Å². The van der Waals surface area contributed by atoms with Gasteiger partial charge in [0.1, 0.15) is 11.9 Å². The van der Waals surface area contributed by atoms with Crippen LogP contribution in [0.25, 0.3) is 0 Å². The van der Waals surface area contributed by atoms with E-state index in [1.165, 1.54) is 4.90 Å². The monoisotopic (exact) mass is 403 g/mol. The first-order valence-corrected chi connectivity index (χ1v) is 9.90. The molecule has 4 aliphatic heterocycles. The third-order valence-electron chi connectivity index (χ3n) is 6.02. The lowest BCUT2D eigenvalue weighted by molar-refractivity contribution is -0.217. The Morgan fingerprint density at radius 2 is 1.93 bits per heavy atom. The Bertz CT molecular complexity index is 867. The number of carbonyl (C=O) groups is 1. The van der Waals surface area contributed by atoms with Crippen LogP contribution >= 0.6 is 11.6 Å². The van der Waals surface area contributed by atoms with Crippen molar-refractivity contribution in [1.82, 2.24) is 15.1 Å². The molecule has 28 heavy (non-hydrogen) atoms. The number of benzene rings is 1. The minimum Gasteiger partial charge on any atom is -0.379 e. The fourth-order valence-corrected chi connectivity index (χ4v) is 4.89. The molecule has 0 bridgehead atoms. The Labute approximate surface area is 167 Å². The highest BCUT2D eigenvalue weighted by atomic mass is 35.5. The summed E-state index contributed by atoms with van der Waals surface area (Å²) in [5, 5.41) is 24.2. The Morgan fingerprint density at radius 1 is 1.21 bits per heavy atom. The maximum Gasteiger partial charge on any atom is 0.328 e. The molecule has 0 aromatic heterocycles. The molecule has 2 unspecified atom stereocenters. The number of aliphatic hydroxyl groups is 1. The molecule has 5 rings (SSSR count). The van der Waals surface area contributed by atoms with Gasteiger partial charge in [-0.05, 0) is 37.1 Å². The Hall–Kier alpha value is -2.13. The second-order valence-electron chi connectivity index (χ2n) is 7.45. The standard InChI is InChI=1S/C19H22ClN5O3/c20-12-3-5-13(6-4-12)25-17(21)15-14-2-1-7-24(14)19(27,16(15)22-18(25)26)23-8-10-28-11-9-23/h3-6,16,21,27H,1-2,7-11H2,(H,22,26). The molecule has 2 atom stereocenters. The molecule has 1 aromatic rings. The molecule has 0 spiro atoms. The number of hydrogen-bond acceptors (Lipinski definition) is 6. The van der Waals surface area contributed by atoms with E-state index in [4.69, 9.17) is 21.7 Å². The average molecular weight is 404 g/mol. The van der Waals surface area contributed by atoms with Crippen molar-refractivity contribution in [3.63, 3.8) is 0 Å². The molecule has 0 aliphatic carbocycles. The summed E-state index contributed by atoms with van der Waals surface area (Å²) < 4.78 is 5.44. The molecule has 3 N–H and O–H groups in total. The molecule has 2 amide bonds. The molecular formula is C19H22ClN5O3. The minimum atomic E-state index is -1.36. The maximum atomic E-state index is 13.0. The van der Waals surface area contributed by atoms with E-state index in [2.05, 4.69) is 5.32 Å². The van der Waals surface area contributed by atoms with E-state index >= 15 is 0 Å². The van der Waals surface area contributed by atoms with Crippen LogP contribution in [0.4, 0.5) is 10.5 Å². The minimum absolute atomic E-state index is 0.113. The summed E-state index contributed by atoms with van der Waals surface area (Å²) in [4.78, 5) is 18.2. The molecular weight excluding hydrogens is 382 g/mol. The van der Waals surface area contributed by atoms with Crippen molar-refractivity contribution in [1.29, 1.82) is 5.41 Å². The Balaban J connectivity index is 1.56. The summed E-state index contributed by atoms with van der Waals surface area (Å²) in [6, 6.07) is 5.75. The van der Waals surface area contributed by atoms with Gasteiger partial charge in [0, 0.05) is 35.9 Å². The van der Waals surface area contributed by atoms with Gasteiger partial charge in [0.2, 0.25) is 5.85 Å². The normalized spacial score (nSPS) is 30.6. The van der Waals surface area contributed by atoms with Crippen LogP contribution in [0.2, 0.25) is 5.02 Å². The van der Waals surface area contributed by atoms with Crippen molar-refractivity contribution in [2.24, 2.45) is 0 Å². The maximum absolute atomic E-state index is 13.0. The average Bonchev–Trinajstić information content (AvgIpc) is 3.26. The highest BCUT2D eigenvalue weighted by molar-refractivity contribution is 6.31. The summed E-state index contributed by atoms with van der Waals surface area (Å²) in [6.07, 6.45) is 1.70. The van der Waals surface area contributed by atoms with Gasteiger partial charge in [-0.25, -0.2) is 9.69 Å². The van der Waals surface area contributed by atoms with E-state index < -0.39 is 17.9 Å². The van der Waals surface area contributed by atoms with Gasteiger partial charge in [-0.3, -0.25) is 10.3 Å². The summed E-state index contributed by atoms with van der Waals surface area (Å²) in [6.45, 7) is 2.93. The van der Waals surface area contributed by atoms with Gasteiger partial charge in [0.15, 0.2) is 0 Å². The van der Waals surface area contributed by atoms with E-state index in [9.17, 15) is 9.90 Å². The van der Waals surface area contributed by atoms with E-state index in [0.717, 1.165) is 18.5 Å². The van der Waals surface area contributed by atoms with Crippen molar-refractivity contribution in [2.45, 2.75) is 24.7 Å². The number of amides is 2. The number of nitrogens with zero attached hydrogens (tertiary/aromatic N) is 3. The van der Waals surface area contributed by atoms with Crippen LogP contribution in [0, 0.1) is 5.41 Å². The Morgan fingerprint density at radius 3 is 2.64 bits per heavy atom. The van der Waals surface area contributed by atoms with Crippen molar-refractivity contribution in [2.75, 3.05) is 37.7 Å². The number of anilines is 1. The van der Waals surface area contributed by atoms with Gasteiger partial charge >= 0.3 is 6.03 Å². The summed E-state index contributed by atoms with van der Waals surface area (Å²) in [5.41, 5.74) is 2.22. The molecule has 8 nitrogen and oxygen atoms in total. The first-order chi connectivity index (χ1) is 13.5. The van der Waals surface area contributed by atoms with Gasteiger partial charge in [-0.15, -0.1) is 0 Å². The van der Waals surface area contributed by atoms with Gasteiger partial charge in [-0.1, -0.05) is 11.6 Å². The van der Waals surface area contributed by atoms with Crippen LogP contribution in [-0.2, 0) is 4.74 Å². The summed E-state index contributed by atoms with van der Waals surface area (Å²) in [5.74, 6) is -1.25. The fraction of sp³-hybridized carbons (Fsp3) is 0.474. The zero-order valence-corrected chi connectivity index (χ0v) is 16.1. The van der Waals surface area contributed by atoms with Gasteiger partial charge < -0.3 is 20.1 Å². The van der Waals surface area contributed by atoms with Crippen LogP contribution in [0.3, 0.4) is 0 Å². The molecule has 1 aromatic carbocycles. The van der Waals surface area contributed by atoms with E-state index in [-0.39, 0.29) is 5.84 Å². The zero-order chi connectivity index (χ0) is 19.5. The first-order valence-electron chi connectivity index (χ1n) is 9.53. The number of carbonyl (C=O) groups excluding carboxylic acids is 1. The number of allylic oxidation sites excluding steroid dienone is 1. The zero-order valence-electron chi connectivity index (χ0n) is 15.3. The largest absolute Gasteiger partial charge is 0.379 e. The fourth-order valence-electron chi connectivity index (χ4n) is 4.77. The smallest absolute Gasteiger partial charge is 0.328 e. The number of urea groups is 1. The number of fused-ring (bicyclic) bond motifs is 2. The highest BCUT2D eigenvalue weighted by Gasteiger charge is 2.60. The van der Waals surface area contributed by atoms with E-state index in [1.807, 2.05) is 9.80 Å². The molecule has 4 aliphatic rings. The van der Waals surface area contributed by atoms with Crippen LogP contribution in [0.1, 0.15) is 12.8 Å². The number of halogens is 1. The quantitative estimate of drug-likeness (QED) is 0.697. The summed E-state index contributed by atoms with van der Waals surface area (Å²) in [7, 11) is 0. The third-order valence-corrected chi connectivity index (χ3v) is 6.27. The second kappa shape index (κ2) is 6.45. The summed E-state index contributed by atoms with van der Waals surface area (Å²) >= 11 is 5.97. The molecule has 9 heteroatoms. The van der Waals surface area contributed by atoms with Crippen molar-refractivity contribution < 1.29 is 14.6 Å². The predicted molar refractivity (Wildman–Crippen MR) is 104 cm³/mol. The van der Waals surface area contributed by atoms with Crippen molar-refractivity contribution in [3.05, 3.63) is 40.6 Å². The predicted octanol–water partition coefficient (Wildman–Crippen LogP) is 1.56. The lowest BCUT2D eigenvalue weighted by Gasteiger charge is -2.49. The number of morpholine rings is 1. The number of rotatable bonds is 2. The number of nitrogens with one attached hydrogen (secondary N) is 2. The van der Waals surface area contributed by atoms with Crippen molar-refractivity contribution in [3.8, 4) is 0 Å². The number of ether oxygens (including phenoxy) is 1. The van der Waals surface area contributed by atoms with E-state index in [1.54, 1.807) is 24.3 Å². The van der Waals surface area contributed by atoms with Crippen LogP contribution in [0.5, 0.6) is 0 Å². The molecule has 3 fully saturated rings. The third kappa shape index (κ3) is 2.42. The van der Waals surface area contributed by atoms with Crippen molar-refractivity contribution >= 4 is 29.2 Å². The number of hydrogen-bond donors (Lipinski definition) is 3. The first kappa shape index (κ1) is 17.9. The van der Waals surface area contributed by atoms with Crippen LogP contribution in [0.15, 0.2) is 35.5 Å². The molecule has 3 saturated heterocycles. The van der Waals surface area contributed by atoms with Crippen LogP contribution < -0.4 is 10.2 Å². The lowest BCUT2D eigenvalue weighted by Crippen LogP contribution is -2.72.